The van der Waals surface area contributed by atoms with Crippen LogP contribution in [0.1, 0.15) is 34.7 Å². The molecule has 0 amide bonds. The van der Waals surface area contributed by atoms with Gasteiger partial charge in [0.15, 0.2) is 5.11 Å². The quantitative estimate of drug-likeness (QED) is 0.291. The summed E-state index contributed by atoms with van der Waals surface area (Å²) in [7, 11) is 0. The second kappa shape index (κ2) is 8.72. The zero-order chi connectivity index (χ0) is 23.1. The van der Waals surface area contributed by atoms with E-state index in [1.807, 2.05) is 30.3 Å². The third-order valence-corrected chi connectivity index (χ3v) is 6.95. The maximum atomic E-state index is 13.6. The van der Waals surface area contributed by atoms with Gasteiger partial charge in [0, 0.05) is 21.9 Å². The van der Waals surface area contributed by atoms with Gasteiger partial charge in [0.05, 0.1) is 11.7 Å². The standard InChI is InChI=1S/C26H21BrFN3OS/c1-15-6-8-18(13-16(15)2)31-25(24(30-26(31)33)21-5-3-4-12-29-21)23-11-10-22(32-23)19-9-7-17(28)14-20(19)27/h3-14,24-25H,1-2H3,(H,30,33)/t24-,25-/m1/s1. The molecule has 0 aliphatic carbocycles. The van der Waals surface area contributed by atoms with Crippen molar-refractivity contribution in [3.8, 4) is 11.3 Å². The summed E-state index contributed by atoms with van der Waals surface area (Å²) in [5.41, 5.74) is 5.04. The fraction of sp³-hybridized carbons (Fsp3) is 0.154. The van der Waals surface area contributed by atoms with Crippen LogP contribution in [0.15, 0.2) is 81.8 Å². The minimum absolute atomic E-state index is 0.198. The lowest BCUT2D eigenvalue weighted by Gasteiger charge is -2.26. The third kappa shape index (κ3) is 4.07. The zero-order valence-electron chi connectivity index (χ0n) is 18.0. The molecule has 1 fully saturated rings. The first-order valence-electron chi connectivity index (χ1n) is 10.6. The summed E-state index contributed by atoms with van der Waals surface area (Å²) in [6.45, 7) is 4.18. The van der Waals surface area contributed by atoms with Gasteiger partial charge in [-0.05, 0) is 108 Å². The van der Waals surface area contributed by atoms with Gasteiger partial charge in [0.1, 0.15) is 23.4 Å². The number of aryl methyl sites for hydroxylation is 2. The predicted octanol–water partition coefficient (Wildman–Crippen LogP) is 7.04. The van der Waals surface area contributed by atoms with Crippen LogP contribution in [0, 0.1) is 19.7 Å². The van der Waals surface area contributed by atoms with Crippen molar-refractivity contribution in [2.45, 2.75) is 25.9 Å². The van der Waals surface area contributed by atoms with Gasteiger partial charge in [-0.2, -0.15) is 0 Å². The van der Waals surface area contributed by atoms with Crippen molar-refractivity contribution < 1.29 is 8.81 Å². The Balaban J connectivity index is 1.61. The summed E-state index contributed by atoms with van der Waals surface area (Å²) in [5, 5.41) is 4.06. The SMILES string of the molecule is Cc1ccc(N2C(=S)N[C@H](c3ccccn3)[C@H]2c2ccc(-c3ccc(F)cc3Br)o2)cc1C. The number of anilines is 1. The van der Waals surface area contributed by atoms with Gasteiger partial charge in [0.25, 0.3) is 0 Å². The molecule has 166 valence electrons. The van der Waals surface area contributed by atoms with E-state index in [0.29, 0.717) is 15.3 Å². The molecule has 3 heterocycles. The maximum absolute atomic E-state index is 13.6. The molecule has 2 aromatic carbocycles. The van der Waals surface area contributed by atoms with Gasteiger partial charge < -0.3 is 14.6 Å². The molecule has 2 aromatic heterocycles. The molecule has 7 heteroatoms. The Morgan fingerprint density at radius 1 is 1.03 bits per heavy atom. The Bertz CT molecular complexity index is 1340. The number of rotatable bonds is 4. The van der Waals surface area contributed by atoms with E-state index in [0.717, 1.165) is 22.7 Å². The van der Waals surface area contributed by atoms with Crippen LogP contribution in [0.3, 0.4) is 0 Å². The fourth-order valence-corrected chi connectivity index (χ4v) is 5.04. The molecule has 0 saturated carbocycles. The normalized spacial score (nSPS) is 17.9. The van der Waals surface area contributed by atoms with Crippen LogP contribution in [0.5, 0.6) is 0 Å². The van der Waals surface area contributed by atoms with Crippen LogP contribution < -0.4 is 10.2 Å². The van der Waals surface area contributed by atoms with Crippen LogP contribution in [0.2, 0.25) is 0 Å². The first-order chi connectivity index (χ1) is 15.9. The molecular weight excluding hydrogens is 501 g/mol. The molecule has 2 atom stereocenters. The molecule has 4 aromatic rings. The highest BCUT2D eigenvalue weighted by Crippen LogP contribution is 2.43. The number of nitrogens with one attached hydrogen (secondary N) is 1. The Kier molecular flexibility index (Phi) is 5.76. The average Bonchev–Trinajstić information content (AvgIpc) is 3.41. The van der Waals surface area contributed by atoms with Crippen LogP contribution in [-0.4, -0.2) is 10.1 Å². The van der Waals surface area contributed by atoms with Crippen molar-refractivity contribution in [2.24, 2.45) is 0 Å². The van der Waals surface area contributed by atoms with Crippen molar-refractivity contribution in [1.29, 1.82) is 0 Å². The molecule has 1 aliphatic rings. The molecule has 33 heavy (non-hydrogen) atoms. The Morgan fingerprint density at radius 2 is 1.88 bits per heavy atom. The molecule has 1 saturated heterocycles. The van der Waals surface area contributed by atoms with Gasteiger partial charge in [0.2, 0.25) is 0 Å². The molecule has 0 bridgehead atoms. The highest BCUT2D eigenvalue weighted by atomic mass is 79.9. The van der Waals surface area contributed by atoms with Crippen LogP contribution in [0.25, 0.3) is 11.3 Å². The van der Waals surface area contributed by atoms with E-state index in [2.05, 4.69) is 63.2 Å². The van der Waals surface area contributed by atoms with Gasteiger partial charge in [-0.3, -0.25) is 4.98 Å². The second-order valence-electron chi connectivity index (χ2n) is 8.09. The number of pyridine rings is 1. The number of halogens is 2. The highest BCUT2D eigenvalue weighted by molar-refractivity contribution is 9.10. The summed E-state index contributed by atoms with van der Waals surface area (Å²) in [6.07, 6.45) is 1.78. The van der Waals surface area contributed by atoms with Crippen molar-refractivity contribution in [1.82, 2.24) is 10.3 Å². The van der Waals surface area contributed by atoms with E-state index >= 15 is 0 Å². The van der Waals surface area contributed by atoms with E-state index in [9.17, 15) is 4.39 Å². The smallest absolute Gasteiger partial charge is 0.174 e. The van der Waals surface area contributed by atoms with Gasteiger partial charge in [-0.1, -0.05) is 12.1 Å². The summed E-state index contributed by atoms with van der Waals surface area (Å²) >= 11 is 9.23. The minimum Gasteiger partial charge on any atom is -0.459 e. The lowest BCUT2D eigenvalue weighted by molar-refractivity contribution is 0.439. The number of furan rings is 1. The van der Waals surface area contributed by atoms with E-state index in [1.54, 1.807) is 12.3 Å². The summed E-state index contributed by atoms with van der Waals surface area (Å²) in [4.78, 5) is 6.67. The maximum Gasteiger partial charge on any atom is 0.174 e. The van der Waals surface area contributed by atoms with E-state index in [1.165, 1.54) is 23.3 Å². The fourth-order valence-electron chi connectivity index (χ4n) is 4.14. The Labute approximate surface area is 205 Å². The van der Waals surface area contributed by atoms with Crippen molar-refractivity contribution >= 4 is 38.9 Å². The average molecular weight is 522 g/mol. The van der Waals surface area contributed by atoms with Gasteiger partial charge >= 0.3 is 0 Å². The van der Waals surface area contributed by atoms with Crippen LogP contribution >= 0.6 is 28.1 Å². The summed E-state index contributed by atoms with van der Waals surface area (Å²) < 4.78 is 20.6. The lowest BCUT2D eigenvalue weighted by atomic mass is 10.0. The number of aromatic nitrogens is 1. The van der Waals surface area contributed by atoms with Crippen molar-refractivity contribution in [3.63, 3.8) is 0 Å². The number of nitrogens with zero attached hydrogens (tertiary/aromatic N) is 2. The lowest BCUT2D eigenvalue weighted by Crippen LogP contribution is -2.29. The predicted molar refractivity (Wildman–Crippen MR) is 136 cm³/mol. The molecule has 1 aliphatic heterocycles. The number of hydrogen-bond acceptors (Lipinski definition) is 3. The second-order valence-corrected chi connectivity index (χ2v) is 9.33. The summed E-state index contributed by atoms with van der Waals surface area (Å²) in [6, 6.07) is 20.1. The third-order valence-electron chi connectivity index (χ3n) is 5.98. The molecule has 0 radical (unpaired) electrons. The molecule has 1 N–H and O–H groups in total. The number of thiocarbonyl (C=S) groups is 1. The molecule has 4 nitrogen and oxygen atoms in total. The molecule has 0 unspecified atom stereocenters. The first kappa shape index (κ1) is 21.8. The zero-order valence-corrected chi connectivity index (χ0v) is 20.5. The number of benzene rings is 2. The Hall–Kier alpha value is -3.03. The van der Waals surface area contributed by atoms with Crippen molar-refractivity contribution in [2.75, 3.05) is 4.90 Å². The van der Waals surface area contributed by atoms with E-state index in [-0.39, 0.29) is 17.9 Å². The highest BCUT2D eigenvalue weighted by Gasteiger charge is 2.42. The molecule has 0 spiro atoms. The van der Waals surface area contributed by atoms with E-state index in [4.69, 9.17) is 16.6 Å². The van der Waals surface area contributed by atoms with E-state index < -0.39 is 0 Å². The monoisotopic (exact) mass is 521 g/mol. The first-order valence-corrected chi connectivity index (χ1v) is 11.8. The molecular formula is C26H21BrFN3OS. The minimum atomic E-state index is -0.307. The van der Waals surface area contributed by atoms with Crippen LogP contribution in [-0.2, 0) is 0 Å². The largest absolute Gasteiger partial charge is 0.459 e. The Morgan fingerprint density at radius 3 is 2.61 bits per heavy atom. The summed E-state index contributed by atoms with van der Waals surface area (Å²) in [5.74, 6) is 1.08. The van der Waals surface area contributed by atoms with Crippen molar-refractivity contribution in [3.05, 3.63) is 106 Å². The van der Waals surface area contributed by atoms with Crippen LogP contribution in [0.4, 0.5) is 10.1 Å². The molecule has 5 rings (SSSR count). The number of hydrogen-bond donors (Lipinski definition) is 1. The van der Waals surface area contributed by atoms with Gasteiger partial charge in [-0.15, -0.1) is 0 Å². The van der Waals surface area contributed by atoms with Gasteiger partial charge in [-0.25, -0.2) is 4.39 Å². The topological polar surface area (TPSA) is 41.3 Å².